The molecule has 6 heterocycles. The Morgan fingerprint density at radius 1 is 0.812 bits per heavy atom. The molecule has 11 rings (SSSR count). The van der Waals surface area contributed by atoms with Crippen LogP contribution < -0.4 is 25.4 Å². The van der Waals surface area contributed by atoms with Gasteiger partial charge >= 0.3 is 0 Å². The third-order valence-corrected chi connectivity index (χ3v) is 16.9. The van der Waals surface area contributed by atoms with E-state index in [1.807, 2.05) is 67.6 Å². The van der Waals surface area contributed by atoms with Crippen LogP contribution in [0.2, 0.25) is 0 Å². The van der Waals surface area contributed by atoms with Gasteiger partial charge in [-0.3, -0.25) is 4.79 Å². The number of nitrogens with one attached hydrogen (secondary N) is 3. The van der Waals surface area contributed by atoms with Crippen molar-refractivity contribution < 1.29 is 33.6 Å². The number of aliphatic hydroxyl groups is 1. The highest BCUT2D eigenvalue weighted by molar-refractivity contribution is 14.1. The van der Waals surface area contributed by atoms with Crippen LogP contribution in [-0.2, 0) is 32.2 Å². The summed E-state index contributed by atoms with van der Waals surface area (Å²) >= 11 is 2.34. The van der Waals surface area contributed by atoms with Gasteiger partial charge in [-0.1, -0.05) is 56.0 Å². The number of carbonyl (C=O) groups excluding carboxylic acids is 1. The number of carbonyl (C=O) groups is 1. The molecule has 434 valence electrons. The Hall–Kier alpha value is -8.21. The van der Waals surface area contributed by atoms with Crippen LogP contribution in [0.15, 0.2) is 198 Å². The first-order valence-electron chi connectivity index (χ1n) is 28.9. The number of nitrogens with zero attached hydrogens (tertiary/aromatic N) is 5. The number of rotatable bonds is 20. The fourth-order valence-corrected chi connectivity index (χ4v) is 12.3. The van der Waals surface area contributed by atoms with E-state index in [1.165, 1.54) is 6.33 Å². The van der Waals surface area contributed by atoms with Crippen molar-refractivity contribution in [2.45, 2.75) is 86.5 Å². The Balaban J connectivity index is 0.805. The fraction of sp³-hybridized carbons (Fsp3) is 0.304. The highest BCUT2D eigenvalue weighted by atomic mass is 127. The van der Waals surface area contributed by atoms with Crippen molar-refractivity contribution in [1.29, 1.82) is 0 Å². The number of aliphatic imine (C=N–C) groups is 3. The van der Waals surface area contributed by atoms with E-state index >= 15 is 0 Å². The predicted octanol–water partition coefficient (Wildman–Crippen LogP) is 13.1. The molecule has 0 radical (unpaired) electrons. The molecule has 0 saturated carbocycles. The van der Waals surface area contributed by atoms with Gasteiger partial charge in [0.05, 0.1) is 65.7 Å². The summed E-state index contributed by atoms with van der Waals surface area (Å²) in [5.74, 6) is 8.49. The Kier molecular flexibility index (Phi) is 17.9. The number of aromatic nitrogens is 2. The predicted molar refractivity (Wildman–Crippen MR) is 343 cm³/mol. The van der Waals surface area contributed by atoms with E-state index in [1.54, 1.807) is 14.2 Å². The summed E-state index contributed by atoms with van der Waals surface area (Å²) < 4.78 is 30.2. The van der Waals surface area contributed by atoms with Gasteiger partial charge in [0, 0.05) is 105 Å². The van der Waals surface area contributed by atoms with E-state index in [9.17, 15) is 9.90 Å². The normalized spacial score (nSPS) is 18.2. The summed E-state index contributed by atoms with van der Waals surface area (Å²) in [7, 11) is 3.25. The van der Waals surface area contributed by atoms with Crippen molar-refractivity contribution in [3.05, 3.63) is 209 Å². The number of aliphatic hydroxyl groups excluding tert-OH is 1. The maximum atomic E-state index is 14.0. The zero-order chi connectivity index (χ0) is 59.3. The molecular formula is C69H69IN8O7. The number of ether oxygens (including phenoxy) is 5. The van der Waals surface area contributed by atoms with Gasteiger partial charge in [0.25, 0.3) is 0 Å². The number of hydrogen-bond donors (Lipinski definition) is 4. The lowest BCUT2D eigenvalue weighted by Gasteiger charge is -2.18. The first-order chi connectivity index (χ1) is 41.3. The minimum absolute atomic E-state index is 0.0205. The van der Waals surface area contributed by atoms with E-state index in [2.05, 4.69) is 137 Å². The van der Waals surface area contributed by atoms with Crippen molar-refractivity contribution in [1.82, 2.24) is 20.6 Å². The zero-order valence-corrected chi connectivity index (χ0v) is 51.4. The van der Waals surface area contributed by atoms with Crippen LogP contribution in [0.25, 0.3) is 10.9 Å². The lowest BCUT2D eigenvalue weighted by Crippen LogP contribution is -2.24. The molecule has 1 fully saturated rings. The first-order valence-corrected chi connectivity index (χ1v) is 29.9. The Bertz CT molecular complexity index is 3980. The Morgan fingerprint density at radius 3 is 2.29 bits per heavy atom. The SMILES string of the molecule is CCC1=C(C)C2=NC1=CC1=C(C)C3=C(O)CC(=C4NC(=CC5=NC(=C2)C(C(C)OCc2cccc(I)c2)=C5C)[C@@H](C)[C@@H]4CCC(=O)NCc2cccc(C#Cc4cccc(Nc5ncnc6cc(OCCOC)c(OCCOC)cc56)c4)c2)C3=N1. The summed E-state index contributed by atoms with van der Waals surface area (Å²) in [4.78, 5) is 38.9. The first kappa shape index (κ1) is 58.6. The molecule has 6 aliphatic rings. The smallest absolute Gasteiger partial charge is 0.220 e. The number of allylic oxidation sites excluding steroid dienone is 11. The average molecular weight is 1250 g/mol. The molecule has 3 atom stereocenters. The van der Waals surface area contributed by atoms with Crippen LogP contribution in [0.4, 0.5) is 11.5 Å². The van der Waals surface area contributed by atoms with Gasteiger partial charge in [-0.2, -0.15) is 0 Å². The van der Waals surface area contributed by atoms with Crippen molar-refractivity contribution in [2.24, 2.45) is 26.8 Å². The standard InChI is InChI=1S/C69H69IN8O7/c1-9-50-39(2)54-34-60-65(43(6)85-37-47-16-11-17-48(70)28-47)41(4)56(76-60)32-55-40(3)51(67(77-55)53-30-61(79)66-42(5)57(78-68(53)66)33-59(50)75-54)21-22-64(80)71-36-46-15-10-13-44(27-46)19-20-45-14-12-18-49(29-45)74-69-52-31-62(83-25-23-81-7)63(84-26-24-82-8)35-58(52)72-38-73-69/h10-18,27-29,31-35,38,40,43,51,77,79H,9,21-26,30,36-37H2,1-8H3,(H,71,80)(H,72,73,74)/t40-,43?,51-/m0/s1. The molecule has 85 heavy (non-hydrogen) atoms. The number of benzene rings is 4. The molecule has 5 aromatic rings. The van der Waals surface area contributed by atoms with Gasteiger partial charge < -0.3 is 44.7 Å². The summed E-state index contributed by atoms with van der Waals surface area (Å²) in [5.41, 5.74) is 19.0. The van der Waals surface area contributed by atoms with Gasteiger partial charge in [-0.05, 0) is 163 Å². The quantitative estimate of drug-likeness (QED) is 0.0331. The van der Waals surface area contributed by atoms with E-state index < -0.39 is 0 Å². The van der Waals surface area contributed by atoms with Crippen molar-refractivity contribution in [2.75, 3.05) is 46.0 Å². The minimum atomic E-state index is -0.271. The molecule has 1 saturated heterocycles. The number of halogens is 1. The second-order valence-corrected chi connectivity index (χ2v) is 23.1. The van der Waals surface area contributed by atoms with Crippen LogP contribution in [0, 0.1) is 27.2 Å². The maximum absolute atomic E-state index is 14.0. The van der Waals surface area contributed by atoms with Crippen molar-refractivity contribution >= 4 is 68.0 Å². The molecule has 1 aliphatic carbocycles. The highest BCUT2D eigenvalue weighted by Crippen LogP contribution is 2.47. The van der Waals surface area contributed by atoms with Gasteiger partial charge in [-0.25, -0.2) is 24.9 Å². The zero-order valence-electron chi connectivity index (χ0n) is 49.2. The molecule has 1 unspecified atom stereocenters. The third kappa shape index (κ3) is 12.8. The second-order valence-electron chi connectivity index (χ2n) is 21.8. The van der Waals surface area contributed by atoms with E-state index in [4.69, 9.17) is 38.7 Å². The Labute approximate surface area is 510 Å². The van der Waals surface area contributed by atoms with Crippen molar-refractivity contribution in [3.63, 3.8) is 0 Å². The van der Waals surface area contributed by atoms with Gasteiger partial charge in [0.2, 0.25) is 5.91 Å². The van der Waals surface area contributed by atoms with Crippen LogP contribution in [0.1, 0.15) is 89.5 Å². The van der Waals surface area contributed by atoms with Crippen LogP contribution in [0.3, 0.4) is 0 Å². The van der Waals surface area contributed by atoms with E-state index in [0.29, 0.717) is 81.0 Å². The average Bonchev–Trinajstić information content (AvgIpc) is 1.80. The summed E-state index contributed by atoms with van der Waals surface area (Å²) in [6.07, 6.45) is 9.57. The molecule has 5 aliphatic heterocycles. The summed E-state index contributed by atoms with van der Waals surface area (Å²) in [6, 6.07) is 27.9. The molecule has 15 nitrogen and oxygen atoms in total. The molecule has 4 N–H and O–H groups in total. The number of hydrogen-bond acceptors (Lipinski definition) is 14. The van der Waals surface area contributed by atoms with E-state index in [-0.39, 0.29) is 30.3 Å². The van der Waals surface area contributed by atoms with Crippen LogP contribution in [-0.4, -0.2) is 84.9 Å². The highest BCUT2D eigenvalue weighted by Gasteiger charge is 2.41. The Morgan fingerprint density at radius 2 is 1.53 bits per heavy atom. The van der Waals surface area contributed by atoms with Gasteiger partial charge in [-0.15, -0.1) is 0 Å². The van der Waals surface area contributed by atoms with Crippen LogP contribution in [0.5, 0.6) is 11.5 Å². The van der Waals surface area contributed by atoms with Gasteiger partial charge in [0.15, 0.2) is 11.5 Å². The topological polar surface area (TPSA) is 182 Å². The molecule has 1 aromatic heterocycles. The fourth-order valence-electron chi connectivity index (χ4n) is 11.7. The molecule has 0 spiro atoms. The second kappa shape index (κ2) is 26.0. The summed E-state index contributed by atoms with van der Waals surface area (Å²) in [6.45, 7) is 15.1. The summed E-state index contributed by atoms with van der Waals surface area (Å²) in [5, 5.41) is 23.0. The largest absolute Gasteiger partial charge is 0.511 e. The minimum Gasteiger partial charge on any atom is -0.511 e. The lowest BCUT2D eigenvalue weighted by molar-refractivity contribution is -0.121. The number of amides is 1. The molecular weight excluding hydrogens is 1180 g/mol. The van der Waals surface area contributed by atoms with Gasteiger partial charge in [0.1, 0.15) is 31.1 Å². The third-order valence-electron chi connectivity index (χ3n) is 16.3. The molecule has 16 heteroatoms. The maximum Gasteiger partial charge on any atom is 0.220 e. The van der Waals surface area contributed by atoms with Crippen LogP contribution >= 0.6 is 22.6 Å². The number of methoxy groups -OCH3 is 2. The molecule has 4 aromatic carbocycles. The molecule has 1 amide bonds. The monoisotopic (exact) mass is 1250 g/mol. The van der Waals surface area contributed by atoms with E-state index in [0.717, 1.165) is 128 Å². The van der Waals surface area contributed by atoms with Crippen molar-refractivity contribution in [3.8, 4) is 23.3 Å². The lowest BCUT2D eigenvalue weighted by atomic mass is 9.86. The number of fused-ring (bicyclic) bond motifs is 6. The number of anilines is 2. The molecule has 8 bridgehead atoms.